The minimum Gasteiger partial charge on any atom is -0.506 e. The van der Waals surface area contributed by atoms with Gasteiger partial charge in [0.2, 0.25) is 6.04 Å². The third-order valence-corrected chi connectivity index (χ3v) is 3.50. The molecule has 22 heavy (non-hydrogen) atoms. The van der Waals surface area contributed by atoms with Gasteiger partial charge in [-0.15, -0.1) is 0 Å². The summed E-state index contributed by atoms with van der Waals surface area (Å²) in [7, 11) is 0. The van der Waals surface area contributed by atoms with E-state index in [4.69, 9.17) is 9.47 Å². The van der Waals surface area contributed by atoms with Crippen LogP contribution in [0.15, 0.2) is 26.1 Å². The van der Waals surface area contributed by atoms with Crippen molar-refractivity contribution >= 4 is 50.0 Å². The van der Waals surface area contributed by atoms with Crippen molar-refractivity contribution in [3.05, 3.63) is 26.6 Å². The molecule has 0 spiro atoms. The molecular weight excluding hydrogens is 422 g/mol. The van der Waals surface area contributed by atoms with E-state index in [1.54, 1.807) is 26.0 Å². The highest BCUT2D eigenvalue weighted by Gasteiger charge is 2.28. The summed E-state index contributed by atoms with van der Waals surface area (Å²) in [6.07, 6.45) is 1.23. The quantitative estimate of drug-likeness (QED) is 0.421. The number of aromatic hydroxyl groups is 1. The highest BCUT2D eigenvalue weighted by atomic mass is 79.9. The summed E-state index contributed by atoms with van der Waals surface area (Å²) in [5.74, 6) is -1.66. The van der Waals surface area contributed by atoms with Crippen LogP contribution in [0.4, 0.5) is 0 Å². The van der Waals surface area contributed by atoms with Gasteiger partial charge in [-0.2, -0.15) is 0 Å². The molecule has 0 bridgehead atoms. The average Bonchev–Trinajstić information content (AvgIpc) is 2.44. The Morgan fingerprint density at radius 1 is 1.23 bits per heavy atom. The lowest BCUT2D eigenvalue weighted by Gasteiger charge is -2.10. The van der Waals surface area contributed by atoms with Crippen molar-refractivity contribution in [3.63, 3.8) is 0 Å². The van der Waals surface area contributed by atoms with E-state index in [1.807, 2.05) is 0 Å². The number of aliphatic imine (C=N–C) groups is 1. The summed E-state index contributed by atoms with van der Waals surface area (Å²) in [6, 6.07) is 1.83. The van der Waals surface area contributed by atoms with Gasteiger partial charge in [0, 0.05) is 16.3 Å². The molecule has 0 saturated carbocycles. The van der Waals surface area contributed by atoms with Crippen LogP contribution < -0.4 is 0 Å². The molecule has 0 aliphatic carbocycles. The normalized spacial score (nSPS) is 11.0. The van der Waals surface area contributed by atoms with Crippen molar-refractivity contribution in [2.24, 2.45) is 4.99 Å². The van der Waals surface area contributed by atoms with Crippen LogP contribution in [0.25, 0.3) is 0 Å². The highest BCUT2D eigenvalue weighted by molar-refractivity contribution is 9.11. The van der Waals surface area contributed by atoms with Crippen LogP contribution in [0.5, 0.6) is 5.75 Å². The molecule has 6 nitrogen and oxygen atoms in total. The first-order valence-corrected chi connectivity index (χ1v) is 8.03. The fourth-order valence-corrected chi connectivity index (χ4v) is 2.76. The van der Waals surface area contributed by atoms with Gasteiger partial charge in [0.25, 0.3) is 0 Å². The Morgan fingerprint density at radius 3 is 2.27 bits per heavy atom. The largest absolute Gasteiger partial charge is 0.506 e. The van der Waals surface area contributed by atoms with Gasteiger partial charge in [0.15, 0.2) is 0 Å². The Morgan fingerprint density at radius 2 is 1.77 bits per heavy atom. The lowest BCUT2D eigenvalue weighted by atomic mass is 10.2. The molecule has 8 heteroatoms. The number of halogens is 2. The van der Waals surface area contributed by atoms with Crippen LogP contribution >= 0.6 is 31.9 Å². The molecule has 0 amide bonds. The number of phenols is 1. The maximum Gasteiger partial charge on any atom is 0.342 e. The molecule has 1 N–H and O–H groups in total. The Labute approximate surface area is 144 Å². The van der Waals surface area contributed by atoms with E-state index >= 15 is 0 Å². The zero-order chi connectivity index (χ0) is 16.7. The molecule has 1 aromatic carbocycles. The summed E-state index contributed by atoms with van der Waals surface area (Å²) in [5.41, 5.74) is 0.333. The van der Waals surface area contributed by atoms with E-state index in [0.29, 0.717) is 14.5 Å². The summed E-state index contributed by atoms with van der Waals surface area (Å²) in [4.78, 5) is 27.5. The zero-order valence-corrected chi connectivity index (χ0v) is 15.2. The van der Waals surface area contributed by atoms with Crippen molar-refractivity contribution in [3.8, 4) is 5.75 Å². The van der Waals surface area contributed by atoms with Crippen LogP contribution in [0.2, 0.25) is 0 Å². The van der Waals surface area contributed by atoms with E-state index in [9.17, 15) is 14.7 Å². The molecular formula is C14H15Br2NO5. The molecule has 1 rings (SSSR count). The second-order valence-electron chi connectivity index (χ2n) is 4.01. The summed E-state index contributed by atoms with van der Waals surface area (Å²) >= 11 is 6.46. The third kappa shape index (κ3) is 5.10. The fourth-order valence-electron chi connectivity index (χ4n) is 1.50. The lowest BCUT2D eigenvalue weighted by Crippen LogP contribution is -2.32. The molecule has 1 aromatic rings. The van der Waals surface area contributed by atoms with Crippen LogP contribution in [0.3, 0.4) is 0 Å². The van der Waals surface area contributed by atoms with Crippen LogP contribution in [-0.4, -0.2) is 42.5 Å². The number of hydrogen-bond acceptors (Lipinski definition) is 6. The van der Waals surface area contributed by atoms with E-state index in [0.717, 1.165) is 0 Å². The number of ether oxygens (including phenoxy) is 2. The molecule has 0 unspecified atom stereocenters. The Bertz CT molecular complexity index is 571. The van der Waals surface area contributed by atoms with Gasteiger partial charge < -0.3 is 14.6 Å². The fraction of sp³-hybridized carbons (Fsp3) is 0.357. The van der Waals surface area contributed by atoms with Gasteiger partial charge in [-0.1, -0.05) is 15.9 Å². The van der Waals surface area contributed by atoms with Gasteiger partial charge in [-0.3, -0.25) is 4.99 Å². The zero-order valence-electron chi connectivity index (χ0n) is 12.0. The second-order valence-corrected chi connectivity index (χ2v) is 5.78. The van der Waals surface area contributed by atoms with Crippen LogP contribution in [0.1, 0.15) is 19.4 Å². The van der Waals surface area contributed by atoms with Gasteiger partial charge in [0.1, 0.15) is 5.75 Å². The molecule has 0 fully saturated rings. The molecule has 0 aliphatic heterocycles. The summed E-state index contributed by atoms with van der Waals surface area (Å²) < 4.78 is 10.8. The Balaban J connectivity index is 3.07. The van der Waals surface area contributed by atoms with Crippen LogP contribution in [-0.2, 0) is 19.1 Å². The second kappa shape index (κ2) is 8.89. The minimum absolute atomic E-state index is 0.0570. The number of phenolic OH excluding ortho intramolecular Hbond substituents is 1. The Hall–Kier alpha value is -1.41. The minimum atomic E-state index is -1.42. The van der Waals surface area contributed by atoms with Gasteiger partial charge in [0.05, 0.1) is 17.7 Å². The maximum atomic E-state index is 11.8. The monoisotopic (exact) mass is 435 g/mol. The van der Waals surface area contributed by atoms with Gasteiger partial charge >= 0.3 is 11.9 Å². The van der Waals surface area contributed by atoms with E-state index < -0.39 is 18.0 Å². The van der Waals surface area contributed by atoms with Crippen LogP contribution in [0, 0.1) is 0 Å². The number of carbonyl (C=O) groups is 2. The van der Waals surface area contributed by atoms with Crippen molar-refractivity contribution in [1.29, 1.82) is 0 Å². The first-order valence-electron chi connectivity index (χ1n) is 6.45. The number of rotatable bonds is 6. The Kier molecular flexibility index (Phi) is 7.53. The van der Waals surface area contributed by atoms with E-state index in [-0.39, 0.29) is 19.0 Å². The smallest absolute Gasteiger partial charge is 0.342 e. The molecule has 0 aliphatic rings. The van der Waals surface area contributed by atoms with Crippen molar-refractivity contribution in [2.45, 2.75) is 19.9 Å². The number of benzene rings is 1. The molecule has 0 saturated heterocycles. The number of nitrogens with zero attached hydrogens (tertiary/aromatic N) is 1. The standard InChI is InChI=1S/C14H15Br2NO5/c1-3-21-13(19)11(14(20)22-4-2)17-7-8-5-9(15)6-10(16)12(8)18/h5-7,11,18H,3-4H2,1-2H3. The summed E-state index contributed by atoms with van der Waals surface area (Å²) in [5, 5.41) is 9.93. The molecule has 0 aromatic heterocycles. The number of carbonyl (C=O) groups excluding carboxylic acids is 2. The van der Waals surface area contributed by atoms with Crippen molar-refractivity contribution in [1.82, 2.24) is 0 Å². The van der Waals surface area contributed by atoms with Gasteiger partial charge in [-0.05, 0) is 41.9 Å². The highest BCUT2D eigenvalue weighted by Crippen LogP contribution is 2.30. The molecule has 0 atom stereocenters. The summed E-state index contributed by atoms with van der Waals surface area (Å²) in [6.45, 7) is 3.50. The van der Waals surface area contributed by atoms with Crippen molar-refractivity contribution in [2.75, 3.05) is 13.2 Å². The number of hydrogen-bond donors (Lipinski definition) is 1. The lowest BCUT2D eigenvalue weighted by molar-refractivity contribution is -0.156. The third-order valence-electron chi connectivity index (χ3n) is 2.44. The van der Waals surface area contributed by atoms with Gasteiger partial charge in [-0.25, -0.2) is 9.59 Å². The van der Waals surface area contributed by atoms with E-state index in [1.165, 1.54) is 6.21 Å². The van der Waals surface area contributed by atoms with E-state index in [2.05, 4.69) is 36.9 Å². The molecule has 120 valence electrons. The first-order chi connectivity index (χ1) is 10.4. The predicted octanol–water partition coefficient (Wildman–Crippen LogP) is 2.83. The number of esters is 2. The first kappa shape index (κ1) is 18.6. The van der Waals surface area contributed by atoms with Crippen molar-refractivity contribution < 1.29 is 24.2 Å². The SMILES string of the molecule is CCOC(=O)C(N=Cc1cc(Br)cc(Br)c1O)C(=O)OCC. The maximum absolute atomic E-state index is 11.8. The molecule has 0 heterocycles. The molecule has 0 radical (unpaired) electrons. The topological polar surface area (TPSA) is 85.2 Å². The predicted molar refractivity (Wildman–Crippen MR) is 88.2 cm³/mol. The average molecular weight is 437 g/mol.